The van der Waals surface area contributed by atoms with E-state index in [0.717, 1.165) is 0 Å². The van der Waals surface area contributed by atoms with Gasteiger partial charge in [-0.05, 0) is 30.3 Å². The van der Waals surface area contributed by atoms with E-state index in [4.69, 9.17) is 23.7 Å². The first-order chi connectivity index (χ1) is 16.0. The summed E-state index contributed by atoms with van der Waals surface area (Å²) in [6.07, 6.45) is 4.56. The second-order valence-electron chi connectivity index (χ2n) is 6.52. The summed E-state index contributed by atoms with van der Waals surface area (Å²) in [6.45, 7) is -0.363. The lowest BCUT2D eigenvalue weighted by Gasteiger charge is -2.14. The highest BCUT2D eigenvalue weighted by Gasteiger charge is 2.18. The predicted molar refractivity (Wildman–Crippen MR) is 117 cm³/mol. The molecule has 0 bridgehead atoms. The Morgan fingerprint density at radius 3 is 2.36 bits per heavy atom. The van der Waals surface area contributed by atoms with Crippen molar-refractivity contribution >= 4 is 11.9 Å². The van der Waals surface area contributed by atoms with Crippen molar-refractivity contribution in [1.29, 1.82) is 0 Å². The Hall–Kier alpha value is -4.34. The maximum Gasteiger partial charge on any atom is 0.344 e. The number of aromatic nitrogens is 2. The highest BCUT2D eigenvalue weighted by molar-refractivity contribution is 5.93. The van der Waals surface area contributed by atoms with E-state index in [1.807, 2.05) is 0 Å². The van der Waals surface area contributed by atoms with Gasteiger partial charge >= 0.3 is 5.97 Å². The fourth-order valence-corrected chi connectivity index (χ4v) is 2.83. The van der Waals surface area contributed by atoms with E-state index in [2.05, 4.69) is 15.3 Å². The van der Waals surface area contributed by atoms with Gasteiger partial charge in [0.05, 0.1) is 27.5 Å². The molecule has 33 heavy (non-hydrogen) atoms. The Bertz CT molecular complexity index is 1110. The van der Waals surface area contributed by atoms with Crippen LogP contribution in [0.3, 0.4) is 0 Å². The predicted octanol–water partition coefficient (Wildman–Crippen LogP) is 2.77. The first kappa shape index (κ1) is 23.3. The molecule has 172 valence electrons. The molecule has 10 nitrogen and oxygen atoms in total. The van der Waals surface area contributed by atoms with Gasteiger partial charge in [0.15, 0.2) is 18.1 Å². The molecular weight excluding hydrogens is 430 g/mol. The summed E-state index contributed by atoms with van der Waals surface area (Å²) in [5.41, 5.74) is 0.741. The van der Waals surface area contributed by atoms with Crippen LogP contribution in [0.4, 0.5) is 0 Å². The van der Waals surface area contributed by atoms with Crippen molar-refractivity contribution in [3.8, 4) is 28.9 Å². The number of hydrogen-bond donors (Lipinski definition) is 1. The van der Waals surface area contributed by atoms with E-state index in [0.29, 0.717) is 28.6 Å². The van der Waals surface area contributed by atoms with Crippen LogP contribution in [-0.4, -0.2) is 49.8 Å². The number of methoxy groups -OCH3 is 3. The lowest BCUT2D eigenvalue weighted by molar-refractivity contribution is -0.124. The number of nitrogens with zero attached hydrogens (tertiary/aromatic N) is 2. The van der Waals surface area contributed by atoms with E-state index in [1.54, 1.807) is 36.5 Å². The van der Waals surface area contributed by atoms with Crippen molar-refractivity contribution in [2.45, 2.75) is 6.54 Å². The average Bonchev–Trinajstić information content (AvgIpc) is 2.86. The summed E-state index contributed by atoms with van der Waals surface area (Å²) in [7, 11) is 4.53. The normalized spacial score (nSPS) is 10.2. The minimum atomic E-state index is -0.749. The van der Waals surface area contributed by atoms with Crippen LogP contribution in [0.25, 0.3) is 0 Å². The van der Waals surface area contributed by atoms with Crippen molar-refractivity contribution < 1.29 is 33.3 Å². The van der Waals surface area contributed by atoms with Gasteiger partial charge in [-0.25, -0.2) is 9.78 Å². The largest absolute Gasteiger partial charge is 0.496 e. The summed E-state index contributed by atoms with van der Waals surface area (Å²) in [4.78, 5) is 32.8. The first-order valence-electron chi connectivity index (χ1n) is 9.81. The molecule has 0 aliphatic heterocycles. The Morgan fingerprint density at radius 2 is 1.67 bits per heavy atom. The number of nitrogens with one attached hydrogen (secondary N) is 1. The molecule has 2 aromatic heterocycles. The van der Waals surface area contributed by atoms with Crippen LogP contribution in [0.15, 0.2) is 55.0 Å². The third kappa shape index (κ3) is 6.10. The Morgan fingerprint density at radius 1 is 0.939 bits per heavy atom. The van der Waals surface area contributed by atoms with Crippen molar-refractivity contribution in [3.63, 3.8) is 0 Å². The molecule has 0 saturated heterocycles. The van der Waals surface area contributed by atoms with Crippen LogP contribution in [-0.2, 0) is 16.1 Å². The molecule has 1 aromatic carbocycles. The van der Waals surface area contributed by atoms with Crippen LogP contribution >= 0.6 is 0 Å². The van der Waals surface area contributed by atoms with Crippen molar-refractivity contribution in [3.05, 3.63) is 66.1 Å². The molecule has 0 saturated carbocycles. The van der Waals surface area contributed by atoms with Gasteiger partial charge in [-0.15, -0.1) is 0 Å². The van der Waals surface area contributed by atoms with E-state index in [1.165, 1.54) is 39.8 Å². The fourth-order valence-electron chi connectivity index (χ4n) is 2.83. The van der Waals surface area contributed by atoms with Gasteiger partial charge in [-0.2, -0.15) is 0 Å². The zero-order valence-corrected chi connectivity index (χ0v) is 18.4. The number of amides is 1. The molecule has 2 heterocycles. The number of carbonyl (C=O) groups excluding carboxylic acids is 2. The lowest BCUT2D eigenvalue weighted by atomic mass is 10.1. The molecule has 0 unspecified atom stereocenters. The SMILES string of the molecule is COc1cc(OC)c(OC)cc1CNC(=O)COC(=O)c1cccnc1Oc1cccnc1. The molecule has 3 aromatic rings. The van der Waals surface area contributed by atoms with Crippen LogP contribution in [0, 0.1) is 0 Å². The number of benzene rings is 1. The third-order valence-electron chi connectivity index (χ3n) is 4.44. The molecule has 0 atom stereocenters. The van der Waals surface area contributed by atoms with E-state index in [9.17, 15) is 9.59 Å². The molecule has 0 spiro atoms. The highest BCUT2D eigenvalue weighted by atomic mass is 16.5. The van der Waals surface area contributed by atoms with Gasteiger partial charge < -0.3 is 29.0 Å². The lowest BCUT2D eigenvalue weighted by Crippen LogP contribution is -2.28. The first-order valence-corrected chi connectivity index (χ1v) is 9.81. The van der Waals surface area contributed by atoms with Crippen molar-refractivity contribution in [2.24, 2.45) is 0 Å². The molecular formula is C23H23N3O7. The fraction of sp³-hybridized carbons (Fsp3) is 0.217. The minimum Gasteiger partial charge on any atom is -0.496 e. The number of rotatable bonds is 10. The van der Waals surface area contributed by atoms with Gasteiger partial charge in [0, 0.05) is 30.6 Å². The van der Waals surface area contributed by atoms with Gasteiger partial charge in [0.1, 0.15) is 17.1 Å². The summed E-state index contributed by atoms with van der Waals surface area (Å²) in [5, 5.41) is 2.68. The summed E-state index contributed by atoms with van der Waals surface area (Å²) >= 11 is 0. The number of hydrogen-bond acceptors (Lipinski definition) is 9. The van der Waals surface area contributed by atoms with Crippen LogP contribution in [0.2, 0.25) is 0 Å². The second-order valence-corrected chi connectivity index (χ2v) is 6.52. The van der Waals surface area contributed by atoms with E-state index in [-0.39, 0.29) is 18.0 Å². The Labute approximate surface area is 190 Å². The molecule has 0 aliphatic rings. The van der Waals surface area contributed by atoms with Gasteiger partial charge in [-0.1, -0.05) is 0 Å². The number of pyridine rings is 2. The topological polar surface area (TPSA) is 118 Å². The Kier molecular flexibility index (Phi) is 8.01. The quantitative estimate of drug-likeness (QED) is 0.462. The molecule has 0 aliphatic carbocycles. The number of ether oxygens (including phenoxy) is 5. The number of esters is 1. The third-order valence-corrected chi connectivity index (χ3v) is 4.44. The second kappa shape index (κ2) is 11.3. The monoisotopic (exact) mass is 453 g/mol. The van der Waals surface area contributed by atoms with Crippen LogP contribution in [0.5, 0.6) is 28.9 Å². The van der Waals surface area contributed by atoms with Crippen molar-refractivity contribution in [2.75, 3.05) is 27.9 Å². The minimum absolute atomic E-state index is 0.0472. The summed E-state index contributed by atoms with van der Waals surface area (Å²) in [5.74, 6) is 0.709. The van der Waals surface area contributed by atoms with Crippen molar-refractivity contribution in [1.82, 2.24) is 15.3 Å². The molecule has 1 amide bonds. The average molecular weight is 453 g/mol. The molecule has 0 radical (unpaired) electrons. The standard InChI is InChI=1S/C23H23N3O7/c1-29-18-11-20(31-3)19(30-2)10-15(18)12-26-21(27)14-32-23(28)17-7-5-9-25-22(17)33-16-6-4-8-24-13-16/h4-11,13H,12,14H2,1-3H3,(H,26,27). The smallest absolute Gasteiger partial charge is 0.344 e. The van der Waals surface area contributed by atoms with Crippen LogP contribution < -0.4 is 24.3 Å². The maximum absolute atomic E-state index is 12.5. The molecule has 10 heteroatoms. The van der Waals surface area contributed by atoms with Gasteiger partial charge in [-0.3, -0.25) is 9.78 Å². The summed E-state index contributed by atoms with van der Waals surface area (Å²) < 4.78 is 26.6. The Balaban J connectivity index is 1.59. The molecule has 3 rings (SSSR count). The zero-order valence-electron chi connectivity index (χ0n) is 18.4. The van der Waals surface area contributed by atoms with E-state index >= 15 is 0 Å². The highest BCUT2D eigenvalue weighted by Crippen LogP contribution is 2.34. The summed E-state index contributed by atoms with van der Waals surface area (Å²) in [6, 6.07) is 9.78. The van der Waals surface area contributed by atoms with E-state index < -0.39 is 18.5 Å². The van der Waals surface area contributed by atoms with Gasteiger partial charge in [0.2, 0.25) is 5.88 Å². The van der Waals surface area contributed by atoms with Gasteiger partial charge in [0.25, 0.3) is 5.91 Å². The maximum atomic E-state index is 12.5. The zero-order chi connectivity index (χ0) is 23.6. The van der Waals surface area contributed by atoms with Crippen LogP contribution in [0.1, 0.15) is 15.9 Å². The molecule has 1 N–H and O–H groups in total. The molecule has 0 fully saturated rings. The number of carbonyl (C=O) groups is 2.